The van der Waals surface area contributed by atoms with Crippen molar-refractivity contribution in [2.45, 2.75) is 44.6 Å². The van der Waals surface area contributed by atoms with Crippen molar-refractivity contribution in [2.75, 3.05) is 0 Å². The first-order chi connectivity index (χ1) is 7.74. The molecule has 1 fully saturated rings. The smallest absolute Gasteiger partial charge is 0.0583 e. The number of hydrogen-bond acceptors (Lipinski definition) is 2. The maximum atomic E-state index is 10.0. The molecule has 1 N–H and O–H groups in total. The van der Waals surface area contributed by atoms with E-state index in [0.29, 0.717) is 0 Å². The van der Waals surface area contributed by atoms with Crippen molar-refractivity contribution < 1.29 is 5.11 Å². The zero-order valence-corrected chi connectivity index (χ0v) is 11.0. The van der Waals surface area contributed by atoms with Crippen LogP contribution in [0, 0.1) is 5.92 Å². The first kappa shape index (κ1) is 12.1. The molecule has 0 bridgehead atoms. The van der Waals surface area contributed by atoms with Crippen LogP contribution in [0.1, 0.15) is 37.7 Å². The summed E-state index contributed by atoms with van der Waals surface area (Å²) in [6, 6.07) is 2.03. The molecule has 88 valence electrons. The second kappa shape index (κ2) is 5.78. The molecule has 0 saturated heterocycles. The molecular formula is C13H18BrNO. The molecule has 1 aliphatic carbocycles. The van der Waals surface area contributed by atoms with Crippen LogP contribution in [0.15, 0.2) is 22.9 Å². The minimum absolute atomic E-state index is 0.209. The molecule has 1 heterocycles. The molecule has 0 amide bonds. The maximum absolute atomic E-state index is 10.0. The maximum Gasteiger partial charge on any atom is 0.0583 e. The summed E-state index contributed by atoms with van der Waals surface area (Å²) in [5.41, 5.74) is 1.11. The Kier molecular flexibility index (Phi) is 4.36. The Morgan fingerprint density at radius 1 is 1.38 bits per heavy atom. The Morgan fingerprint density at radius 2 is 2.12 bits per heavy atom. The van der Waals surface area contributed by atoms with Crippen LogP contribution in [0.25, 0.3) is 0 Å². The number of halogens is 1. The molecule has 0 spiro atoms. The lowest BCUT2D eigenvalue weighted by atomic mass is 9.96. The quantitative estimate of drug-likeness (QED) is 0.920. The van der Waals surface area contributed by atoms with Crippen LogP contribution in [-0.4, -0.2) is 16.2 Å². The fraction of sp³-hybridized carbons (Fsp3) is 0.615. The molecule has 2 rings (SSSR count). The van der Waals surface area contributed by atoms with Crippen molar-refractivity contribution in [1.82, 2.24) is 4.98 Å². The van der Waals surface area contributed by atoms with Gasteiger partial charge in [-0.3, -0.25) is 4.98 Å². The third kappa shape index (κ3) is 3.56. The van der Waals surface area contributed by atoms with E-state index < -0.39 is 0 Å². The average Bonchev–Trinajstić information content (AvgIpc) is 2.70. The second-order valence-electron chi connectivity index (χ2n) is 4.76. The third-order valence-corrected chi connectivity index (χ3v) is 3.75. The molecule has 1 atom stereocenters. The molecule has 0 aromatic carbocycles. The van der Waals surface area contributed by atoms with Crippen molar-refractivity contribution >= 4 is 15.9 Å². The first-order valence-electron chi connectivity index (χ1n) is 6.01. The molecule has 16 heavy (non-hydrogen) atoms. The first-order valence-corrected chi connectivity index (χ1v) is 6.81. The zero-order chi connectivity index (χ0) is 11.4. The van der Waals surface area contributed by atoms with Gasteiger partial charge >= 0.3 is 0 Å². The average molecular weight is 284 g/mol. The van der Waals surface area contributed by atoms with E-state index in [4.69, 9.17) is 0 Å². The van der Waals surface area contributed by atoms with Crippen molar-refractivity contribution in [1.29, 1.82) is 0 Å². The molecule has 1 aliphatic rings. The largest absolute Gasteiger partial charge is 0.393 e. The van der Waals surface area contributed by atoms with Crippen LogP contribution < -0.4 is 0 Å². The highest BCUT2D eigenvalue weighted by molar-refractivity contribution is 9.10. The van der Waals surface area contributed by atoms with Gasteiger partial charge in [-0.2, -0.15) is 0 Å². The van der Waals surface area contributed by atoms with E-state index in [1.807, 2.05) is 12.3 Å². The second-order valence-corrected chi connectivity index (χ2v) is 5.67. The van der Waals surface area contributed by atoms with Gasteiger partial charge in [-0.1, -0.05) is 25.7 Å². The summed E-state index contributed by atoms with van der Waals surface area (Å²) in [4.78, 5) is 4.11. The predicted octanol–water partition coefficient (Wildman–Crippen LogP) is 3.33. The van der Waals surface area contributed by atoms with Crippen LogP contribution in [0.3, 0.4) is 0 Å². The van der Waals surface area contributed by atoms with E-state index in [9.17, 15) is 5.11 Å². The Labute approximate surface area is 105 Å². The normalized spacial score (nSPS) is 18.9. The van der Waals surface area contributed by atoms with Crippen LogP contribution in [0.2, 0.25) is 0 Å². The van der Waals surface area contributed by atoms with E-state index in [0.717, 1.165) is 28.8 Å². The highest BCUT2D eigenvalue weighted by atomic mass is 79.9. The van der Waals surface area contributed by atoms with E-state index in [1.54, 1.807) is 6.20 Å². The van der Waals surface area contributed by atoms with E-state index in [1.165, 1.54) is 25.7 Å². The molecule has 1 aromatic heterocycles. The Morgan fingerprint density at radius 3 is 2.81 bits per heavy atom. The topological polar surface area (TPSA) is 33.1 Å². The number of aromatic nitrogens is 1. The van der Waals surface area contributed by atoms with Gasteiger partial charge in [-0.15, -0.1) is 0 Å². The zero-order valence-electron chi connectivity index (χ0n) is 9.40. The number of rotatable bonds is 4. The fourth-order valence-corrected chi connectivity index (χ4v) is 2.97. The molecule has 3 heteroatoms. The van der Waals surface area contributed by atoms with Gasteiger partial charge in [0, 0.05) is 16.9 Å². The summed E-state index contributed by atoms with van der Waals surface area (Å²) in [5.74, 6) is 0.745. The number of pyridine rings is 1. The minimum Gasteiger partial charge on any atom is -0.393 e. The van der Waals surface area contributed by atoms with Gasteiger partial charge in [0.2, 0.25) is 0 Å². The highest BCUT2D eigenvalue weighted by Gasteiger charge is 2.18. The molecule has 0 radical (unpaired) electrons. The van der Waals surface area contributed by atoms with Crippen LogP contribution >= 0.6 is 15.9 Å². The van der Waals surface area contributed by atoms with Gasteiger partial charge < -0.3 is 5.11 Å². The lowest BCUT2D eigenvalue weighted by Gasteiger charge is -2.15. The summed E-state index contributed by atoms with van der Waals surface area (Å²) < 4.78 is 0.984. The van der Waals surface area contributed by atoms with Crippen molar-refractivity contribution in [3.8, 4) is 0 Å². The summed E-state index contributed by atoms with van der Waals surface area (Å²) in [5, 5.41) is 10.0. The fourth-order valence-electron chi connectivity index (χ4n) is 2.55. The number of aliphatic hydroxyl groups excluding tert-OH is 1. The lowest BCUT2D eigenvalue weighted by molar-refractivity contribution is 0.143. The number of nitrogens with zero attached hydrogens (tertiary/aromatic N) is 1. The molecule has 0 aliphatic heterocycles. The van der Waals surface area contributed by atoms with Crippen molar-refractivity contribution in [3.63, 3.8) is 0 Å². The van der Waals surface area contributed by atoms with Gasteiger partial charge in [-0.25, -0.2) is 0 Å². The lowest BCUT2D eigenvalue weighted by Crippen LogP contribution is -2.14. The Bertz CT molecular complexity index is 336. The summed E-state index contributed by atoms with van der Waals surface area (Å²) in [7, 11) is 0. The standard InChI is InChI=1S/C13H18BrNO/c14-12-5-11(8-15-9-12)7-13(16)6-10-3-1-2-4-10/h5,8-10,13,16H,1-4,6-7H2. The molecule has 1 saturated carbocycles. The van der Waals surface area contributed by atoms with E-state index in [-0.39, 0.29) is 6.10 Å². The SMILES string of the molecule is OC(Cc1cncc(Br)c1)CC1CCCC1. The number of aliphatic hydroxyl groups is 1. The number of hydrogen-bond donors (Lipinski definition) is 1. The Hall–Kier alpha value is -0.410. The van der Waals surface area contributed by atoms with Crippen LogP contribution in [0.5, 0.6) is 0 Å². The molecule has 1 unspecified atom stereocenters. The van der Waals surface area contributed by atoms with Gasteiger partial charge in [-0.05, 0) is 46.3 Å². The molecular weight excluding hydrogens is 266 g/mol. The summed E-state index contributed by atoms with van der Waals surface area (Å²) in [6.07, 6.45) is 10.4. The van der Waals surface area contributed by atoms with E-state index >= 15 is 0 Å². The van der Waals surface area contributed by atoms with Crippen LogP contribution in [-0.2, 0) is 6.42 Å². The molecule has 2 nitrogen and oxygen atoms in total. The third-order valence-electron chi connectivity index (χ3n) is 3.31. The summed E-state index contributed by atoms with van der Waals surface area (Å²) >= 11 is 3.40. The van der Waals surface area contributed by atoms with Crippen LogP contribution in [0.4, 0.5) is 0 Å². The van der Waals surface area contributed by atoms with Gasteiger partial charge in [0.15, 0.2) is 0 Å². The van der Waals surface area contributed by atoms with Gasteiger partial charge in [0.05, 0.1) is 6.10 Å². The minimum atomic E-state index is -0.209. The summed E-state index contributed by atoms with van der Waals surface area (Å²) in [6.45, 7) is 0. The highest BCUT2D eigenvalue weighted by Crippen LogP contribution is 2.29. The van der Waals surface area contributed by atoms with Crippen molar-refractivity contribution in [2.24, 2.45) is 5.92 Å². The Balaban J connectivity index is 1.84. The van der Waals surface area contributed by atoms with Gasteiger partial charge in [0.25, 0.3) is 0 Å². The van der Waals surface area contributed by atoms with Crippen molar-refractivity contribution in [3.05, 3.63) is 28.5 Å². The predicted molar refractivity (Wildman–Crippen MR) is 68.2 cm³/mol. The van der Waals surface area contributed by atoms with E-state index in [2.05, 4.69) is 20.9 Å². The molecule has 1 aromatic rings. The van der Waals surface area contributed by atoms with Gasteiger partial charge in [0.1, 0.15) is 0 Å². The monoisotopic (exact) mass is 283 g/mol.